The lowest BCUT2D eigenvalue weighted by atomic mass is 9.88. The van der Waals surface area contributed by atoms with Crippen LogP contribution < -0.4 is 11.5 Å². The molecule has 0 amide bonds. The molecule has 1 fully saturated rings. The van der Waals surface area contributed by atoms with E-state index in [0.717, 1.165) is 6.42 Å². The Bertz CT molecular complexity index is 381. The minimum Gasteiger partial charge on any atom is -0.328 e. The van der Waals surface area contributed by atoms with Gasteiger partial charge in [-0.15, -0.1) is 0 Å². The Balaban J connectivity index is 0.000000151. The molecule has 2 aliphatic rings. The van der Waals surface area contributed by atoms with E-state index >= 15 is 0 Å². The van der Waals surface area contributed by atoms with Gasteiger partial charge in [-0.1, -0.05) is 56.4 Å². The number of hydrogen-bond donors (Lipinski definition) is 2. The number of fused-ring (bicyclic) bond motifs is 1. The van der Waals surface area contributed by atoms with Crippen molar-refractivity contribution in [3.05, 3.63) is 35.4 Å². The maximum Gasteiger partial charge on any atom is 0.0297 e. The summed E-state index contributed by atoms with van der Waals surface area (Å²) in [5.41, 5.74) is 14.6. The molecule has 0 radical (unpaired) electrons. The predicted octanol–water partition coefficient (Wildman–Crippen LogP) is 4.08. The molecule has 3 rings (SSSR count). The number of rotatable bonds is 0. The summed E-state index contributed by atoms with van der Waals surface area (Å²) < 4.78 is 0. The molecule has 20 heavy (non-hydrogen) atoms. The molecule has 0 spiro atoms. The average Bonchev–Trinajstić information content (AvgIpc) is 2.44. The van der Waals surface area contributed by atoms with Crippen molar-refractivity contribution in [1.29, 1.82) is 0 Å². The molecule has 2 aliphatic carbocycles. The van der Waals surface area contributed by atoms with Gasteiger partial charge < -0.3 is 11.5 Å². The van der Waals surface area contributed by atoms with E-state index in [1.807, 2.05) is 0 Å². The molecule has 0 bridgehead atoms. The van der Waals surface area contributed by atoms with Gasteiger partial charge in [0.05, 0.1) is 0 Å². The second-order valence-electron chi connectivity index (χ2n) is 6.30. The maximum absolute atomic E-state index is 5.95. The Hall–Kier alpha value is -0.860. The molecule has 0 aromatic heterocycles. The molecule has 0 heterocycles. The van der Waals surface area contributed by atoms with E-state index in [4.69, 9.17) is 11.5 Å². The van der Waals surface area contributed by atoms with Crippen molar-refractivity contribution in [2.75, 3.05) is 0 Å². The molecule has 1 atom stereocenters. The van der Waals surface area contributed by atoms with Gasteiger partial charge in [0.15, 0.2) is 0 Å². The van der Waals surface area contributed by atoms with E-state index in [1.54, 1.807) is 0 Å². The van der Waals surface area contributed by atoms with Crippen molar-refractivity contribution < 1.29 is 0 Å². The average molecular weight is 274 g/mol. The Morgan fingerprint density at radius 3 is 2.10 bits per heavy atom. The van der Waals surface area contributed by atoms with Gasteiger partial charge in [-0.2, -0.15) is 0 Å². The Morgan fingerprint density at radius 2 is 1.40 bits per heavy atom. The first kappa shape index (κ1) is 15.5. The van der Waals surface area contributed by atoms with Crippen LogP contribution in [0.4, 0.5) is 0 Å². The van der Waals surface area contributed by atoms with Crippen LogP contribution in [-0.4, -0.2) is 6.04 Å². The smallest absolute Gasteiger partial charge is 0.0297 e. The number of nitrogens with two attached hydrogens (primary N) is 2. The number of aryl methyl sites for hydroxylation is 1. The van der Waals surface area contributed by atoms with Crippen molar-refractivity contribution in [2.24, 2.45) is 11.5 Å². The lowest BCUT2D eigenvalue weighted by Gasteiger charge is -2.21. The van der Waals surface area contributed by atoms with Crippen molar-refractivity contribution in [3.8, 4) is 0 Å². The largest absolute Gasteiger partial charge is 0.328 e. The molecule has 1 aromatic carbocycles. The van der Waals surface area contributed by atoms with Crippen LogP contribution in [0, 0.1) is 0 Å². The van der Waals surface area contributed by atoms with E-state index < -0.39 is 0 Å². The third kappa shape index (κ3) is 4.92. The summed E-state index contributed by atoms with van der Waals surface area (Å²) in [6.45, 7) is 0. The molecule has 2 heteroatoms. The Labute approximate surface area is 123 Å². The molecule has 2 nitrogen and oxygen atoms in total. The van der Waals surface area contributed by atoms with Crippen molar-refractivity contribution in [1.82, 2.24) is 0 Å². The fourth-order valence-electron chi connectivity index (χ4n) is 3.28. The predicted molar refractivity (Wildman–Crippen MR) is 86.6 cm³/mol. The Morgan fingerprint density at radius 1 is 0.750 bits per heavy atom. The summed E-state index contributed by atoms with van der Waals surface area (Å²) in [5, 5.41) is 0. The zero-order valence-electron chi connectivity index (χ0n) is 12.7. The summed E-state index contributed by atoms with van der Waals surface area (Å²) >= 11 is 0. The molecule has 0 aliphatic heterocycles. The molecular weight excluding hydrogens is 244 g/mol. The second kappa shape index (κ2) is 8.43. The number of benzene rings is 1. The molecule has 4 N–H and O–H groups in total. The van der Waals surface area contributed by atoms with Crippen molar-refractivity contribution in [3.63, 3.8) is 0 Å². The summed E-state index contributed by atoms with van der Waals surface area (Å²) in [4.78, 5) is 0. The van der Waals surface area contributed by atoms with Crippen molar-refractivity contribution >= 4 is 0 Å². The molecule has 1 aromatic rings. The standard InChI is InChI=1S/C10H13N.C8H17N/c11-10-7-3-5-8-4-1-2-6-9(8)10;9-8-6-4-2-1-3-5-7-8/h1-2,4,6,10H,3,5,7,11H2;8H,1-7,9H2. The van der Waals surface area contributed by atoms with Crippen LogP contribution in [0.2, 0.25) is 0 Å². The SMILES string of the molecule is NC1CCCCCCC1.NC1CCCc2ccccc21. The highest BCUT2D eigenvalue weighted by Crippen LogP contribution is 2.26. The van der Waals surface area contributed by atoms with Gasteiger partial charge in [0.25, 0.3) is 0 Å². The third-order valence-electron chi connectivity index (χ3n) is 4.57. The van der Waals surface area contributed by atoms with E-state index in [1.165, 1.54) is 68.9 Å². The normalized spacial score (nSPS) is 23.8. The highest BCUT2D eigenvalue weighted by Gasteiger charge is 2.14. The van der Waals surface area contributed by atoms with E-state index in [9.17, 15) is 0 Å². The molecule has 1 unspecified atom stereocenters. The molecule has 112 valence electrons. The van der Waals surface area contributed by atoms with Crippen LogP contribution >= 0.6 is 0 Å². The first-order valence-electron chi connectivity index (χ1n) is 8.36. The fourth-order valence-corrected chi connectivity index (χ4v) is 3.28. The van der Waals surface area contributed by atoms with Crippen molar-refractivity contribution in [2.45, 2.75) is 76.3 Å². The van der Waals surface area contributed by atoms with Gasteiger partial charge >= 0.3 is 0 Å². The summed E-state index contributed by atoms with van der Waals surface area (Å²) in [5.74, 6) is 0. The van der Waals surface area contributed by atoms with Crippen LogP contribution in [0.3, 0.4) is 0 Å². The summed E-state index contributed by atoms with van der Waals surface area (Å²) in [6.07, 6.45) is 13.1. The second-order valence-corrected chi connectivity index (χ2v) is 6.30. The van der Waals surface area contributed by atoms with Gasteiger partial charge in [0, 0.05) is 12.1 Å². The van der Waals surface area contributed by atoms with Gasteiger partial charge in [0.2, 0.25) is 0 Å². The quantitative estimate of drug-likeness (QED) is 0.749. The molecule has 1 saturated carbocycles. The van der Waals surface area contributed by atoms with Gasteiger partial charge in [-0.05, 0) is 43.2 Å². The third-order valence-corrected chi connectivity index (χ3v) is 4.57. The Kier molecular flexibility index (Phi) is 6.55. The summed E-state index contributed by atoms with van der Waals surface area (Å²) in [6, 6.07) is 9.32. The highest BCUT2D eigenvalue weighted by molar-refractivity contribution is 5.31. The van der Waals surface area contributed by atoms with E-state index in [-0.39, 0.29) is 0 Å². The van der Waals surface area contributed by atoms with Gasteiger partial charge in [-0.25, -0.2) is 0 Å². The van der Waals surface area contributed by atoms with Crippen LogP contribution in [0.5, 0.6) is 0 Å². The minimum absolute atomic E-state index is 0.292. The minimum atomic E-state index is 0.292. The number of hydrogen-bond acceptors (Lipinski definition) is 2. The molecular formula is C18H30N2. The lowest BCUT2D eigenvalue weighted by molar-refractivity contribution is 0.453. The first-order chi connectivity index (χ1) is 9.77. The fraction of sp³-hybridized carbons (Fsp3) is 0.667. The van der Waals surface area contributed by atoms with E-state index in [2.05, 4.69) is 24.3 Å². The maximum atomic E-state index is 5.95. The summed E-state index contributed by atoms with van der Waals surface area (Å²) in [7, 11) is 0. The van der Waals surface area contributed by atoms with Crippen LogP contribution in [0.15, 0.2) is 24.3 Å². The van der Waals surface area contributed by atoms with Gasteiger partial charge in [0.1, 0.15) is 0 Å². The zero-order chi connectivity index (χ0) is 14.2. The lowest BCUT2D eigenvalue weighted by Crippen LogP contribution is -2.20. The zero-order valence-corrected chi connectivity index (χ0v) is 12.7. The molecule has 0 saturated heterocycles. The van der Waals surface area contributed by atoms with E-state index in [0.29, 0.717) is 12.1 Å². The monoisotopic (exact) mass is 274 g/mol. The topological polar surface area (TPSA) is 52.0 Å². The highest BCUT2D eigenvalue weighted by atomic mass is 14.6. The van der Waals surface area contributed by atoms with Gasteiger partial charge in [-0.3, -0.25) is 0 Å². The van der Waals surface area contributed by atoms with Crippen LogP contribution in [0.1, 0.15) is 75.0 Å². The van der Waals surface area contributed by atoms with Crippen LogP contribution in [0.25, 0.3) is 0 Å². The van der Waals surface area contributed by atoms with Crippen LogP contribution in [-0.2, 0) is 6.42 Å². The first-order valence-corrected chi connectivity index (χ1v) is 8.36.